The van der Waals surface area contributed by atoms with E-state index in [2.05, 4.69) is 15.5 Å². The number of hydrogen-bond donors (Lipinski definition) is 0. The third-order valence-corrected chi connectivity index (χ3v) is 5.38. The molecule has 1 aliphatic heterocycles. The summed E-state index contributed by atoms with van der Waals surface area (Å²) >= 11 is 0. The second kappa shape index (κ2) is 7.29. The van der Waals surface area contributed by atoms with Gasteiger partial charge in [0.15, 0.2) is 5.58 Å². The lowest BCUT2D eigenvalue weighted by atomic mass is 9.88. The molecule has 0 bridgehead atoms. The lowest BCUT2D eigenvalue weighted by Gasteiger charge is -2.31. The zero-order chi connectivity index (χ0) is 18.9. The molecule has 0 aliphatic carbocycles. The summed E-state index contributed by atoms with van der Waals surface area (Å²) in [5.41, 5.74) is 3.38. The van der Waals surface area contributed by atoms with Crippen LogP contribution in [0.3, 0.4) is 0 Å². The van der Waals surface area contributed by atoms with Gasteiger partial charge in [-0.25, -0.2) is 4.68 Å². The highest BCUT2D eigenvalue weighted by Gasteiger charge is 2.25. The maximum Gasteiger partial charge on any atom is 0.261 e. The van der Waals surface area contributed by atoms with Crippen molar-refractivity contribution < 1.29 is 13.8 Å². The molecule has 0 unspecified atom stereocenters. The molecular weight excluding hydrogens is 361 g/mol. The Balaban J connectivity index is 1.18. The molecule has 1 aliphatic rings. The predicted molar refractivity (Wildman–Crippen MR) is 101 cm³/mol. The molecule has 28 heavy (non-hydrogen) atoms. The fourth-order valence-electron chi connectivity index (χ4n) is 3.95. The van der Waals surface area contributed by atoms with E-state index in [1.54, 1.807) is 6.07 Å². The van der Waals surface area contributed by atoms with Gasteiger partial charge in [-0.3, -0.25) is 4.84 Å². The SMILES string of the molecule is Fc1noc2cccc(C3CCN(OCCn4nnc5ccccc54)CC3)c12. The van der Waals surface area contributed by atoms with Gasteiger partial charge in [0.1, 0.15) is 5.52 Å². The van der Waals surface area contributed by atoms with Crippen LogP contribution >= 0.6 is 0 Å². The van der Waals surface area contributed by atoms with Crippen molar-refractivity contribution in [3.05, 3.63) is 54.0 Å². The smallest absolute Gasteiger partial charge is 0.261 e. The van der Waals surface area contributed by atoms with Crippen LogP contribution < -0.4 is 0 Å². The highest BCUT2D eigenvalue weighted by molar-refractivity contribution is 5.81. The number of piperidine rings is 1. The first-order chi connectivity index (χ1) is 13.8. The van der Waals surface area contributed by atoms with Crippen molar-refractivity contribution in [1.82, 2.24) is 25.2 Å². The maximum absolute atomic E-state index is 14.0. The molecule has 0 saturated carbocycles. The number of fused-ring (bicyclic) bond motifs is 2. The zero-order valence-electron chi connectivity index (χ0n) is 15.3. The molecular formula is C20H20FN5O2. The van der Waals surface area contributed by atoms with E-state index in [1.807, 2.05) is 46.1 Å². The summed E-state index contributed by atoms with van der Waals surface area (Å²) < 4.78 is 20.9. The fourth-order valence-corrected chi connectivity index (χ4v) is 3.95. The van der Waals surface area contributed by atoms with Crippen LogP contribution in [0.5, 0.6) is 0 Å². The van der Waals surface area contributed by atoms with Crippen LogP contribution in [0.2, 0.25) is 0 Å². The Labute approximate surface area is 160 Å². The summed E-state index contributed by atoms with van der Waals surface area (Å²) in [7, 11) is 0. The predicted octanol–water partition coefficient (Wildman–Crippen LogP) is 3.52. The molecule has 0 radical (unpaired) electrons. The lowest BCUT2D eigenvalue weighted by molar-refractivity contribution is -0.172. The van der Waals surface area contributed by atoms with Crippen molar-refractivity contribution in [2.75, 3.05) is 19.7 Å². The normalized spacial score (nSPS) is 16.3. The molecule has 144 valence electrons. The molecule has 2 aromatic carbocycles. The van der Waals surface area contributed by atoms with E-state index in [4.69, 9.17) is 9.36 Å². The first-order valence-electron chi connectivity index (χ1n) is 9.49. The Bertz CT molecular complexity index is 1100. The van der Waals surface area contributed by atoms with Crippen LogP contribution in [-0.4, -0.2) is 44.9 Å². The summed E-state index contributed by atoms with van der Waals surface area (Å²) in [6, 6.07) is 13.5. The second-order valence-corrected chi connectivity index (χ2v) is 7.03. The van der Waals surface area contributed by atoms with E-state index in [-0.39, 0.29) is 5.92 Å². The van der Waals surface area contributed by atoms with Crippen molar-refractivity contribution >= 4 is 22.0 Å². The van der Waals surface area contributed by atoms with Crippen LogP contribution in [0.25, 0.3) is 22.0 Å². The van der Waals surface area contributed by atoms with E-state index >= 15 is 0 Å². The summed E-state index contributed by atoms with van der Waals surface area (Å²) in [5, 5.41) is 14.3. The Morgan fingerprint density at radius 3 is 2.86 bits per heavy atom. The molecule has 0 spiro atoms. The monoisotopic (exact) mass is 381 g/mol. The lowest BCUT2D eigenvalue weighted by Crippen LogP contribution is -2.34. The molecule has 0 amide bonds. The minimum Gasteiger partial charge on any atom is -0.353 e. The van der Waals surface area contributed by atoms with E-state index in [0.29, 0.717) is 24.1 Å². The minimum absolute atomic E-state index is 0.275. The van der Waals surface area contributed by atoms with Crippen molar-refractivity contribution in [2.45, 2.75) is 25.3 Å². The maximum atomic E-state index is 14.0. The number of nitrogens with zero attached hydrogens (tertiary/aromatic N) is 5. The Morgan fingerprint density at radius 2 is 1.96 bits per heavy atom. The summed E-state index contributed by atoms with van der Waals surface area (Å²) in [6.07, 6.45) is 1.80. The van der Waals surface area contributed by atoms with Gasteiger partial charge >= 0.3 is 0 Å². The Morgan fingerprint density at radius 1 is 1.11 bits per heavy atom. The van der Waals surface area contributed by atoms with Crippen LogP contribution in [0.1, 0.15) is 24.3 Å². The number of hydrogen-bond acceptors (Lipinski definition) is 6. The number of aromatic nitrogens is 4. The molecule has 7 nitrogen and oxygen atoms in total. The zero-order valence-corrected chi connectivity index (χ0v) is 15.3. The van der Waals surface area contributed by atoms with Crippen LogP contribution in [0, 0.1) is 5.95 Å². The van der Waals surface area contributed by atoms with E-state index < -0.39 is 5.95 Å². The molecule has 8 heteroatoms. The van der Waals surface area contributed by atoms with Gasteiger partial charge in [0.05, 0.1) is 24.1 Å². The van der Waals surface area contributed by atoms with Gasteiger partial charge in [0, 0.05) is 13.1 Å². The average Bonchev–Trinajstić information content (AvgIpc) is 3.33. The highest BCUT2D eigenvalue weighted by Crippen LogP contribution is 2.34. The first-order valence-corrected chi connectivity index (χ1v) is 9.49. The largest absolute Gasteiger partial charge is 0.353 e. The number of para-hydroxylation sites is 1. The molecule has 0 N–H and O–H groups in total. The van der Waals surface area contributed by atoms with Crippen molar-refractivity contribution in [1.29, 1.82) is 0 Å². The van der Waals surface area contributed by atoms with Gasteiger partial charge in [0.2, 0.25) is 0 Å². The molecule has 5 rings (SSSR count). The standard InChI is InChI=1S/C20H20FN5O2/c21-20-19-15(4-3-7-18(19)28-23-20)14-8-10-25(11-9-14)27-13-12-26-17-6-2-1-5-16(17)22-24-26/h1-7,14H,8-13H2. The average molecular weight is 381 g/mol. The number of halogens is 1. The summed E-state index contributed by atoms with van der Waals surface area (Å²) in [6.45, 7) is 2.78. The van der Waals surface area contributed by atoms with Gasteiger partial charge in [-0.15, -0.1) is 5.10 Å². The van der Waals surface area contributed by atoms with Crippen molar-refractivity contribution in [3.63, 3.8) is 0 Å². The van der Waals surface area contributed by atoms with E-state index in [9.17, 15) is 4.39 Å². The van der Waals surface area contributed by atoms with Crippen molar-refractivity contribution in [3.8, 4) is 0 Å². The summed E-state index contributed by atoms with van der Waals surface area (Å²) in [4.78, 5) is 5.93. The van der Waals surface area contributed by atoms with E-state index in [1.165, 1.54) is 0 Å². The molecule has 1 saturated heterocycles. The third-order valence-electron chi connectivity index (χ3n) is 5.38. The Kier molecular flexibility index (Phi) is 4.50. The molecule has 1 fully saturated rings. The summed E-state index contributed by atoms with van der Waals surface area (Å²) in [5.74, 6) is -0.249. The van der Waals surface area contributed by atoms with Gasteiger partial charge < -0.3 is 4.52 Å². The number of rotatable bonds is 5. The van der Waals surface area contributed by atoms with Crippen LogP contribution in [0.4, 0.5) is 4.39 Å². The van der Waals surface area contributed by atoms with Gasteiger partial charge in [-0.05, 0) is 47.7 Å². The first kappa shape index (κ1) is 17.3. The second-order valence-electron chi connectivity index (χ2n) is 7.03. The highest BCUT2D eigenvalue weighted by atomic mass is 19.1. The Hall–Kier alpha value is -2.84. The minimum atomic E-state index is -0.524. The van der Waals surface area contributed by atoms with Gasteiger partial charge in [-0.2, -0.15) is 9.45 Å². The fraction of sp³-hybridized carbons (Fsp3) is 0.350. The topological polar surface area (TPSA) is 69.2 Å². The van der Waals surface area contributed by atoms with Crippen molar-refractivity contribution in [2.24, 2.45) is 0 Å². The van der Waals surface area contributed by atoms with Gasteiger partial charge in [0.25, 0.3) is 5.95 Å². The number of hydroxylamine groups is 2. The van der Waals surface area contributed by atoms with Crippen LogP contribution in [-0.2, 0) is 11.4 Å². The number of benzene rings is 2. The molecule has 2 aromatic heterocycles. The third kappa shape index (κ3) is 3.14. The molecule has 0 atom stereocenters. The van der Waals surface area contributed by atoms with Crippen LogP contribution in [0.15, 0.2) is 47.0 Å². The van der Waals surface area contributed by atoms with E-state index in [0.717, 1.165) is 42.5 Å². The van der Waals surface area contributed by atoms with Gasteiger partial charge in [-0.1, -0.05) is 29.5 Å². The quantitative estimate of drug-likeness (QED) is 0.527. The molecule has 3 heterocycles. The molecule has 4 aromatic rings.